The summed E-state index contributed by atoms with van der Waals surface area (Å²) in [4.78, 5) is 18.8. The maximum Gasteiger partial charge on any atom is 0.224 e. The molecule has 1 aliphatic heterocycles. The number of carbonyl (C=O) groups excluding carboxylic acids is 1. The number of rotatable bonds is 10. The number of aliphatic imine (C=N–C) groups is 1. The highest BCUT2D eigenvalue weighted by atomic mass is 16.5. The first-order valence-electron chi connectivity index (χ1n) is 11.1. The Balaban J connectivity index is 1.80. The Kier molecular flexibility index (Phi) is 10.5. The molecule has 168 valence electrons. The van der Waals surface area contributed by atoms with Crippen LogP contribution in [0.3, 0.4) is 0 Å². The maximum atomic E-state index is 12.5. The summed E-state index contributed by atoms with van der Waals surface area (Å²) in [6.07, 6.45) is 3.91. The van der Waals surface area contributed by atoms with E-state index < -0.39 is 0 Å². The van der Waals surface area contributed by atoms with Gasteiger partial charge < -0.3 is 25.0 Å². The Morgan fingerprint density at radius 3 is 2.83 bits per heavy atom. The second-order valence-corrected chi connectivity index (χ2v) is 7.69. The van der Waals surface area contributed by atoms with Gasteiger partial charge in [0.1, 0.15) is 12.4 Å². The van der Waals surface area contributed by atoms with Crippen LogP contribution in [-0.4, -0.2) is 62.8 Å². The van der Waals surface area contributed by atoms with Gasteiger partial charge in [0.15, 0.2) is 5.96 Å². The van der Waals surface area contributed by atoms with Crippen molar-refractivity contribution in [3.63, 3.8) is 0 Å². The topological polar surface area (TPSA) is 75.2 Å². The molecule has 0 aromatic heterocycles. The van der Waals surface area contributed by atoms with Crippen LogP contribution in [0, 0.1) is 6.92 Å². The number of carbonyl (C=O) groups is 1. The van der Waals surface area contributed by atoms with E-state index in [1.54, 1.807) is 7.05 Å². The van der Waals surface area contributed by atoms with Gasteiger partial charge in [-0.1, -0.05) is 12.1 Å². The minimum atomic E-state index is 0.216. The normalized spacial score (nSPS) is 17.0. The third-order valence-electron chi connectivity index (χ3n) is 5.34. The molecular weight excluding hydrogens is 380 g/mol. The quantitative estimate of drug-likeness (QED) is 0.347. The Morgan fingerprint density at radius 1 is 1.27 bits per heavy atom. The Morgan fingerprint density at radius 2 is 2.10 bits per heavy atom. The fraction of sp³-hybridized carbons (Fsp3) is 0.652. The average molecular weight is 419 g/mol. The van der Waals surface area contributed by atoms with Gasteiger partial charge >= 0.3 is 0 Å². The summed E-state index contributed by atoms with van der Waals surface area (Å²) in [5.41, 5.74) is 2.20. The molecule has 2 N–H and O–H groups in total. The zero-order valence-corrected chi connectivity index (χ0v) is 19.0. The summed E-state index contributed by atoms with van der Waals surface area (Å²) >= 11 is 0. The average Bonchev–Trinajstić information content (AvgIpc) is 2.74. The monoisotopic (exact) mass is 418 g/mol. The summed E-state index contributed by atoms with van der Waals surface area (Å²) in [6, 6.07) is 6.53. The van der Waals surface area contributed by atoms with E-state index in [1.165, 1.54) is 6.42 Å². The molecule has 1 fully saturated rings. The van der Waals surface area contributed by atoms with Crippen LogP contribution >= 0.6 is 0 Å². The van der Waals surface area contributed by atoms with Gasteiger partial charge in [0.2, 0.25) is 5.91 Å². The van der Waals surface area contributed by atoms with Crippen LogP contribution in [0.15, 0.2) is 23.2 Å². The maximum absolute atomic E-state index is 12.5. The smallest absolute Gasteiger partial charge is 0.224 e. The van der Waals surface area contributed by atoms with Crippen molar-refractivity contribution in [3.05, 3.63) is 29.3 Å². The van der Waals surface area contributed by atoms with Gasteiger partial charge in [0.25, 0.3) is 0 Å². The molecule has 0 radical (unpaired) electrons. The Bertz CT molecular complexity index is 693. The predicted molar refractivity (Wildman–Crippen MR) is 121 cm³/mol. The van der Waals surface area contributed by atoms with Gasteiger partial charge in [0.05, 0.1) is 6.61 Å². The second-order valence-electron chi connectivity index (χ2n) is 7.69. The summed E-state index contributed by atoms with van der Waals surface area (Å²) in [7, 11) is 1.73. The van der Waals surface area contributed by atoms with Crippen molar-refractivity contribution in [2.75, 3.05) is 40.0 Å². The van der Waals surface area contributed by atoms with Crippen molar-refractivity contribution in [2.45, 2.75) is 59.0 Å². The number of hydrogen-bond acceptors (Lipinski definition) is 4. The molecule has 1 unspecified atom stereocenters. The molecule has 1 atom stereocenters. The van der Waals surface area contributed by atoms with Crippen LogP contribution in [0.4, 0.5) is 0 Å². The lowest BCUT2D eigenvalue weighted by Gasteiger charge is -2.33. The Labute approximate surface area is 181 Å². The van der Waals surface area contributed by atoms with E-state index in [2.05, 4.69) is 34.7 Å². The van der Waals surface area contributed by atoms with E-state index in [4.69, 9.17) is 9.47 Å². The van der Waals surface area contributed by atoms with Crippen LogP contribution < -0.4 is 15.4 Å². The van der Waals surface area contributed by atoms with Crippen LogP contribution in [0.5, 0.6) is 5.75 Å². The van der Waals surface area contributed by atoms with Gasteiger partial charge in [0, 0.05) is 51.3 Å². The molecule has 1 aromatic carbocycles. The van der Waals surface area contributed by atoms with E-state index in [1.807, 2.05) is 24.8 Å². The number of hydrogen-bond donors (Lipinski definition) is 2. The highest BCUT2D eigenvalue weighted by Gasteiger charge is 2.22. The molecule has 7 heteroatoms. The standard InChI is InChI=1S/C23H38N4O3/c1-5-29-14-15-30-21-16-18(2)9-10-20(21)17-26-23(24-4)25-12-11-22(28)27-13-7-6-8-19(27)3/h9-10,16,19H,5-8,11-15,17H2,1-4H3,(H2,24,25,26). The lowest BCUT2D eigenvalue weighted by molar-refractivity contribution is -0.134. The highest BCUT2D eigenvalue weighted by Crippen LogP contribution is 2.20. The molecule has 0 bridgehead atoms. The third kappa shape index (κ3) is 7.86. The lowest BCUT2D eigenvalue weighted by atomic mass is 10.0. The molecule has 7 nitrogen and oxygen atoms in total. The van der Waals surface area contributed by atoms with Gasteiger partial charge in [-0.05, 0) is 51.7 Å². The molecule has 1 aliphatic rings. The largest absolute Gasteiger partial charge is 0.491 e. The fourth-order valence-electron chi connectivity index (χ4n) is 3.60. The number of piperidine rings is 1. The van der Waals surface area contributed by atoms with E-state index in [9.17, 15) is 4.79 Å². The molecule has 1 heterocycles. The van der Waals surface area contributed by atoms with Gasteiger partial charge in [-0.2, -0.15) is 0 Å². The van der Waals surface area contributed by atoms with E-state index >= 15 is 0 Å². The summed E-state index contributed by atoms with van der Waals surface area (Å²) in [6.45, 7) is 9.97. The van der Waals surface area contributed by atoms with Crippen LogP contribution in [0.1, 0.15) is 50.7 Å². The lowest BCUT2D eigenvalue weighted by Crippen LogP contribution is -2.44. The molecule has 1 aromatic rings. The molecule has 0 spiro atoms. The van der Waals surface area contributed by atoms with Gasteiger partial charge in [-0.15, -0.1) is 0 Å². The number of guanidine groups is 1. The number of aryl methyl sites for hydroxylation is 1. The highest BCUT2D eigenvalue weighted by molar-refractivity contribution is 5.81. The van der Waals surface area contributed by atoms with Crippen molar-refractivity contribution in [3.8, 4) is 5.75 Å². The molecule has 0 saturated carbocycles. The number of likely N-dealkylation sites (tertiary alicyclic amines) is 1. The molecule has 1 saturated heterocycles. The summed E-state index contributed by atoms with van der Waals surface area (Å²) in [5, 5.41) is 6.56. The van der Waals surface area contributed by atoms with Crippen molar-refractivity contribution < 1.29 is 14.3 Å². The zero-order valence-electron chi connectivity index (χ0n) is 19.0. The summed E-state index contributed by atoms with van der Waals surface area (Å²) in [5.74, 6) is 1.75. The van der Waals surface area contributed by atoms with Crippen LogP contribution in [0.2, 0.25) is 0 Å². The van der Waals surface area contributed by atoms with Crippen molar-refractivity contribution in [2.24, 2.45) is 4.99 Å². The molecular formula is C23H38N4O3. The number of benzene rings is 1. The minimum Gasteiger partial charge on any atom is -0.491 e. The first kappa shape index (κ1) is 24.0. The van der Waals surface area contributed by atoms with Crippen LogP contribution in [0.25, 0.3) is 0 Å². The van der Waals surface area contributed by atoms with E-state index in [0.717, 1.165) is 36.3 Å². The number of nitrogens with zero attached hydrogens (tertiary/aromatic N) is 2. The molecule has 2 rings (SSSR count). The second kappa shape index (κ2) is 13.1. The molecule has 1 amide bonds. The third-order valence-corrected chi connectivity index (χ3v) is 5.34. The van der Waals surface area contributed by atoms with E-state index in [-0.39, 0.29) is 5.91 Å². The summed E-state index contributed by atoms with van der Waals surface area (Å²) < 4.78 is 11.3. The number of ether oxygens (including phenoxy) is 2. The molecule has 30 heavy (non-hydrogen) atoms. The first-order chi connectivity index (χ1) is 14.5. The minimum absolute atomic E-state index is 0.216. The first-order valence-corrected chi connectivity index (χ1v) is 11.1. The van der Waals surface area contributed by atoms with Gasteiger partial charge in [-0.3, -0.25) is 9.79 Å². The van der Waals surface area contributed by atoms with Crippen molar-refractivity contribution in [1.82, 2.24) is 15.5 Å². The van der Waals surface area contributed by atoms with Crippen LogP contribution in [-0.2, 0) is 16.1 Å². The molecule has 0 aliphatic carbocycles. The van der Waals surface area contributed by atoms with Crippen molar-refractivity contribution in [1.29, 1.82) is 0 Å². The van der Waals surface area contributed by atoms with E-state index in [0.29, 0.717) is 51.3 Å². The number of nitrogens with one attached hydrogen (secondary N) is 2. The van der Waals surface area contributed by atoms with Crippen molar-refractivity contribution >= 4 is 11.9 Å². The zero-order chi connectivity index (χ0) is 21.8. The fourth-order valence-corrected chi connectivity index (χ4v) is 3.60. The number of amides is 1. The predicted octanol–water partition coefficient (Wildman–Crippen LogP) is 2.87. The Hall–Kier alpha value is -2.28. The van der Waals surface area contributed by atoms with Gasteiger partial charge in [-0.25, -0.2) is 0 Å². The SMILES string of the molecule is CCOCCOc1cc(C)ccc1CNC(=NC)NCCC(=O)N1CCCCC1C.